The molecular formula is C22H29Cl2N5O. The zero-order valence-electron chi connectivity index (χ0n) is 17.5. The molecule has 3 N–H and O–H groups in total. The molecule has 1 aliphatic carbocycles. The number of nitrogens with two attached hydrogens (primary N) is 1. The van der Waals surface area contributed by atoms with E-state index in [2.05, 4.69) is 37.3 Å². The molecule has 0 saturated heterocycles. The monoisotopic (exact) mass is 449 g/mol. The first-order valence-electron chi connectivity index (χ1n) is 9.93. The van der Waals surface area contributed by atoms with E-state index in [4.69, 9.17) is 10.7 Å². The van der Waals surface area contributed by atoms with Gasteiger partial charge in [-0.3, -0.25) is 4.79 Å². The summed E-state index contributed by atoms with van der Waals surface area (Å²) in [5.74, 6) is 0.422. The largest absolute Gasteiger partial charge is 0.350 e. The van der Waals surface area contributed by atoms with Gasteiger partial charge in [0, 0.05) is 24.2 Å². The molecule has 1 atom stereocenters. The summed E-state index contributed by atoms with van der Waals surface area (Å²) < 4.78 is 1.86. The van der Waals surface area contributed by atoms with Crippen molar-refractivity contribution in [3.63, 3.8) is 0 Å². The van der Waals surface area contributed by atoms with Gasteiger partial charge in [-0.15, -0.1) is 24.8 Å². The normalized spacial score (nSPS) is 14.2. The van der Waals surface area contributed by atoms with E-state index in [1.165, 1.54) is 0 Å². The van der Waals surface area contributed by atoms with Crippen LogP contribution in [0.15, 0.2) is 36.5 Å². The van der Waals surface area contributed by atoms with Crippen molar-refractivity contribution in [3.05, 3.63) is 47.7 Å². The topological polar surface area (TPSA) is 85.8 Å². The molecule has 3 aromatic rings. The minimum atomic E-state index is -0.123. The first-order valence-corrected chi connectivity index (χ1v) is 9.93. The molecule has 0 aliphatic heterocycles. The molecule has 1 amide bonds. The molecule has 1 saturated carbocycles. The van der Waals surface area contributed by atoms with Gasteiger partial charge >= 0.3 is 0 Å². The number of amides is 1. The summed E-state index contributed by atoms with van der Waals surface area (Å²) in [6.07, 6.45) is 4.06. The summed E-state index contributed by atoms with van der Waals surface area (Å²) >= 11 is 0. The average molecular weight is 450 g/mol. The molecule has 0 spiro atoms. The van der Waals surface area contributed by atoms with Gasteiger partial charge in [-0.1, -0.05) is 24.3 Å². The lowest BCUT2D eigenvalue weighted by molar-refractivity contribution is 0.0952. The minimum absolute atomic E-state index is 0. The van der Waals surface area contributed by atoms with Crippen molar-refractivity contribution in [2.24, 2.45) is 11.7 Å². The summed E-state index contributed by atoms with van der Waals surface area (Å²) in [4.78, 5) is 17.9. The Balaban J connectivity index is 0.00000160. The number of aromatic nitrogens is 3. The molecule has 1 unspecified atom stereocenters. The van der Waals surface area contributed by atoms with E-state index >= 15 is 0 Å². The van der Waals surface area contributed by atoms with Gasteiger partial charge in [0.05, 0.1) is 22.8 Å². The van der Waals surface area contributed by atoms with E-state index < -0.39 is 0 Å². The lowest BCUT2D eigenvalue weighted by Gasteiger charge is -2.14. The Labute approximate surface area is 189 Å². The predicted molar refractivity (Wildman–Crippen MR) is 126 cm³/mol. The van der Waals surface area contributed by atoms with Crippen LogP contribution in [0.5, 0.6) is 0 Å². The van der Waals surface area contributed by atoms with E-state index in [-0.39, 0.29) is 42.8 Å². The second-order valence-corrected chi connectivity index (χ2v) is 8.00. The van der Waals surface area contributed by atoms with Crippen LogP contribution in [0.3, 0.4) is 0 Å². The highest BCUT2D eigenvalue weighted by atomic mass is 35.5. The SMILES string of the molecule is Cc1ccccc1-c1cc(C(=O)NCC(N)C2CC2)c2cnn(C(C)C)c2n1.Cl.Cl. The Hall–Kier alpha value is -2.15. The third-order valence-corrected chi connectivity index (χ3v) is 5.45. The highest BCUT2D eigenvalue weighted by Gasteiger charge is 2.29. The molecule has 0 bridgehead atoms. The summed E-state index contributed by atoms with van der Waals surface area (Å²) in [7, 11) is 0. The molecule has 1 fully saturated rings. The van der Waals surface area contributed by atoms with Gasteiger partial charge in [0.25, 0.3) is 5.91 Å². The van der Waals surface area contributed by atoms with Gasteiger partial charge < -0.3 is 11.1 Å². The van der Waals surface area contributed by atoms with Gasteiger partial charge in [-0.2, -0.15) is 5.10 Å². The number of hydrogen-bond acceptors (Lipinski definition) is 4. The molecule has 162 valence electrons. The maximum atomic E-state index is 13.0. The van der Waals surface area contributed by atoms with Crippen LogP contribution in [0.4, 0.5) is 0 Å². The Morgan fingerprint density at radius 1 is 1.27 bits per heavy atom. The van der Waals surface area contributed by atoms with E-state index in [1.807, 2.05) is 28.9 Å². The quantitative estimate of drug-likeness (QED) is 0.587. The van der Waals surface area contributed by atoms with Gasteiger partial charge in [-0.05, 0) is 51.2 Å². The third kappa shape index (κ3) is 4.77. The molecule has 2 aromatic heterocycles. The minimum Gasteiger partial charge on any atom is -0.350 e. The predicted octanol–water partition coefficient (Wildman–Crippen LogP) is 4.30. The second-order valence-electron chi connectivity index (χ2n) is 8.00. The van der Waals surface area contributed by atoms with Crippen molar-refractivity contribution in [1.82, 2.24) is 20.1 Å². The number of rotatable bonds is 6. The number of benzene rings is 1. The van der Waals surface area contributed by atoms with Crippen LogP contribution in [0.25, 0.3) is 22.3 Å². The number of carbonyl (C=O) groups excluding carboxylic acids is 1. The zero-order chi connectivity index (χ0) is 19.8. The Morgan fingerprint density at radius 3 is 2.60 bits per heavy atom. The summed E-state index contributed by atoms with van der Waals surface area (Å²) in [5.41, 5.74) is 10.4. The van der Waals surface area contributed by atoms with Crippen molar-refractivity contribution < 1.29 is 4.79 Å². The number of pyridine rings is 1. The molecule has 30 heavy (non-hydrogen) atoms. The van der Waals surface area contributed by atoms with Crippen LogP contribution < -0.4 is 11.1 Å². The van der Waals surface area contributed by atoms with Crippen LogP contribution >= 0.6 is 24.8 Å². The molecule has 6 nitrogen and oxygen atoms in total. The van der Waals surface area contributed by atoms with Crippen LogP contribution in [0, 0.1) is 12.8 Å². The van der Waals surface area contributed by atoms with Crippen molar-refractivity contribution in [1.29, 1.82) is 0 Å². The Kier molecular flexibility index (Phi) is 7.86. The molecule has 0 radical (unpaired) electrons. The van der Waals surface area contributed by atoms with Crippen LogP contribution in [-0.4, -0.2) is 33.3 Å². The van der Waals surface area contributed by atoms with E-state index in [1.54, 1.807) is 6.20 Å². The highest BCUT2D eigenvalue weighted by Crippen LogP contribution is 2.31. The number of halogens is 2. The fourth-order valence-electron chi connectivity index (χ4n) is 3.58. The van der Waals surface area contributed by atoms with E-state index in [0.29, 0.717) is 18.0 Å². The number of hydrogen-bond donors (Lipinski definition) is 2. The number of nitrogens with zero attached hydrogens (tertiary/aromatic N) is 3. The first kappa shape index (κ1) is 24.1. The van der Waals surface area contributed by atoms with Crippen LogP contribution in [0.2, 0.25) is 0 Å². The lowest BCUT2D eigenvalue weighted by Crippen LogP contribution is -2.38. The summed E-state index contributed by atoms with van der Waals surface area (Å²) in [5, 5.41) is 8.26. The molecule has 2 heterocycles. The second kappa shape index (κ2) is 9.77. The molecule has 1 aliphatic rings. The van der Waals surface area contributed by atoms with Gasteiger partial charge in [0.15, 0.2) is 5.65 Å². The third-order valence-electron chi connectivity index (χ3n) is 5.45. The highest BCUT2D eigenvalue weighted by molar-refractivity contribution is 6.06. The average Bonchev–Trinajstić information content (AvgIpc) is 3.44. The smallest absolute Gasteiger partial charge is 0.252 e. The van der Waals surface area contributed by atoms with Crippen molar-refractivity contribution in [2.75, 3.05) is 6.54 Å². The zero-order valence-corrected chi connectivity index (χ0v) is 19.1. The van der Waals surface area contributed by atoms with Gasteiger partial charge in [-0.25, -0.2) is 9.67 Å². The maximum Gasteiger partial charge on any atom is 0.252 e. The molecule has 1 aromatic carbocycles. The molecule has 4 rings (SSSR count). The van der Waals surface area contributed by atoms with Crippen LogP contribution in [-0.2, 0) is 0 Å². The fourth-order valence-corrected chi connectivity index (χ4v) is 3.58. The molecular weight excluding hydrogens is 421 g/mol. The summed E-state index contributed by atoms with van der Waals surface area (Å²) in [6.45, 7) is 6.66. The Bertz CT molecular complexity index is 1030. The number of carbonyl (C=O) groups is 1. The first-order chi connectivity index (χ1) is 13.5. The van der Waals surface area contributed by atoms with E-state index in [0.717, 1.165) is 40.7 Å². The number of nitrogens with one attached hydrogen (secondary N) is 1. The van der Waals surface area contributed by atoms with E-state index in [9.17, 15) is 4.79 Å². The number of aryl methyl sites for hydroxylation is 1. The fraction of sp³-hybridized carbons (Fsp3) is 0.409. The lowest BCUT2D eigenvalue weighted by atomic mass is 10.0. The number of fused-ring (bicyclic) bond motifs is 1. The van der Waals surface area contributed by atoms with Crippen molar-refractivity contribution >= 4 is 41.8 Å². The van der Waals surface area contributed by atoms with Gasteiger partial charge in [0.1, 0.15) is 0 Å². The standard InChI is InChI=1S/C22H27N5O.2ClH/c1-13(2)27-21-18(11-25-27)17(22(28)24-12-19(23)15-8-9-15)10-20(26-21)16-7-5-4-6-14(16)3;;/h4-7,10-11,13,15,19H,8-9,12,23H2,1-3H3,(H,24,28);2*1H. The van der Waals surface area contributed by atoms with Crippen molar-refractivity contribution in [3.8, 4) is 11.3 Å². The van der Waals surface area contributed by atoms with Crippen molar-refractivity contribution in [2.45, 2.75) is 45.7 Å². The van der Waals surface area contributed by atoms with Crippen LogP contribution in [0.1, 0.15) is 48.7 Å². The van der Waals surface area contributed by atoms with Gasteiger partial charge in [0.2, 0.25) is 0 Å². The molecule has 8 heteroatoms. The summed E-state index contributed by atoms with van der Waals surface area (Å²) in [6, 6.07) is 10.1. The maximum absolute atomic E-state index is 13.0. The Morgan fingerprint density at radius 2 is 1.97 bits per heavy atom.